The van der Waals surface area contributed by atoms with Gasteiger partial charge in [-0.15, -0.1) is 0 Å². The van der Waals surface area contributed by atoms with E-state index in [4.69, 9.17) is 0 Å². The van der Waals surface area contributed by atoms with Crippen molar-refractivity contribution in [3.8, 4) is 0 Å². The van der Waals surface area contributed by atoms with Crippen LogP contribution in [0.1, 0.15) is 51.9 Å². The molecule has 0 N–H and O–H groups in total. The van der Waals surface area contributed by atoms with Gasteiger partial charge in [0.25, 0.3) is 0 Å². The first-order valence-corrected chi connectivity index (χ1v) is 6.61. The molecule has 0 spiro atoms. The number of hydrogen-bond acceptors (Lipinski definition) is 1. The van der Waals surface area contributed by atoms with E-state index in [1.165, 1.54) is 64.6 Å². The van der Waals surface area contributed by atoms with E-state index in [1.807, 2.05) is 0 Å². The van der Waals surface area contributed by atoms with Crippen molar-refractivity contribution >= 4 is 0 Å². The van der Waals surface area contributed by atoms with Gasteiger partial charge >= 0.3 is 0 Å². The lowest BCUT2D eigenvalue weighted by atomic mass is 9.81. The summed E-state index contributed by atoms with van der Waals surface area (Å²) in [5.74, 6) is 2.10. The predicted octanol–water partition coefficient (Wildman–Crippen LogP) is 3.30. The molecule has 0 aromatic heterocycles. The molecular formula is C13H25N. The molecular weight excluding hydrogens is 170 g/mol. The number of hydrogen-bond donors (Lipinski definition) is 0. The molecule has 1 heteroatoms. The van der Waals surface area contributed by atoms with Crippen molar-refractivity contribution in [2.75, 3.05) is 19.6 Å². The van der Waals surface area contributed by atoms with Gasteiger partial charge in [-0.05, 0) is 50.6 Å². The smallest absolute Gasteiger partial charge is 0.000966 e. The van der Waals surface area contributed by atoms with Crippen LogP contribution in [-0.4, -0.2) is 24.5 Å². The quantitative estimate of drug-likeness (QED) is 0.668. The largest absolute Gasteiger partial charge is 0.303 e. The third-order valence-corrected chi connectivity index (χ3v) is 4.26. The molecule has 2 rings (SSSR count). The second-order valence-corrected chi connectivity index (χ2v) is 5.30. The Hall–Kier alpha value is -0.0400. The number of rotatable bonds is 3. The van der Waals surface area contributed by atoms with Gasteiger partial charge in [0.05, 0.1) is 0 Å². The fraction of sp³-hybridized carbons (Fsp3) is 1.00. The first-order chi connectivity index (χ1) is 6.88. The van der Waals surface area contributed by atoms with Crippen LogP contribution in [-0.2, 0) is 0 Å². The minimum absolute atomic E-state index is 1.04. The molecule has 1 aliphatic heterocycles. The molecule has 2 fully saturated rings. The Labute approximate surface area is 88.9 Å². The highest BCUT2D eigenvalue weighted by atomic mass is 15.1. The van der Waals surface area contributed by atoms with Gasteiger partial charge in [-0.3, -0.25) is 0 Å². The van der Waals surface area contributed by atoms with Gasteiger partial charge in [-0.25, -0.2) is 0 Å². The molecule has 0 bridgehead atoms. The highest BCUT2D eigenvalue weighted by Crippen LogP contribution is 2.31. The van der Waals surface area contributed by atoms with Gasteiger partial charge < -0.3 is 4.90 Å². The van der Waals surface area contributed by atoms with Gasteiger partial charge in [-0.2, -0.15) is 0 Å². The molecule has 0 unspecified atom stereocenters. The Kier molecular flexibility index (Phi) is 3.86. The fourth-order valence-electron chi connectivity index (χ4n) is 3.15. The summed E-state index contributed by atoms with van der Waals surface area (Å²) < 4.78 is 0. The SMILES string of the molecule is CCC1CCC(CN2CCCC2)CC1. The molecule has 14 heavy (non-hydrogen) atoms. The highest BCUT2D eigenvalue weighted by Gasteiger charge is 2.22. The third kappa shape index (κ3) is 2.73. The van der Waals surface area contributed by atoms with E-state index in [2.05, 4.69) is 11.8 Å². The molecule has 1 saturated carbocycles. The summed E-state index contributed by atoms with van der Waals surface area (Å²) in [6, 6.07) is 0. The van der Waals surface area contributed by atoms with Crippen molar-refractivity contribution in [2.24, 2.45) is 11.8 Å². The van der Waals surface area contributed by atoms with Crippen LogP contribution >= 0.6 is 0 Å². The first-order valence-electron chi connectivity index (χ1n) is 6.61. The Morgan fingerprint density at radius 3 is 2.07 bits per heavy atom. The molecule has 2 aliphatic rings. The fourth-order valence-corrected chi connectivity index (χ4v) is 3.15. The topological polar surface area (TPSA) is 3.24 Å². The number of likely N-dealkylation sites (tertiary alicyclic amines) is 1. The Bertz CT molecular complexity index is 153. The molecule has 0 radical (unpaired) electrons. The highest BCUT2D eigenvalue weighted by molar-refractivity contribution is 4.76. The summed E-state index contributed by atoms with van der Waals surface area (Å²) in [4.78, 5) is 2.69. The molecule has 0 aromatic carbocycles. The van der Waals surface area contributed by atoms with Crippen LogP contribution in [0, 0.1) is 11.8 Å². The minimum Gasteiger partial charge on any atom is -0.303 e. The first kappa shape index (κ1) is 10.5. The maximum atomic E-state index is 2.69. The van der Waals surface area contributed by atoms with E-state index >= 15 is 0 Å². The molecule has 0 amide bonds. The average molecular weight is 195 g/mol. The van der Waals surface area contributed by atoms with Gasteiger partial charge in [0.15, 0.2) is 0 Å². The predicted molar refractivity (Wildman–Crippen MR) is 61.4 cm³/mol. The van der Waals surface area contributed by atoms with Crippen LogP contribution < -0.4 is 0 Å². The van der Waals surface area contributed by atoms with E-state index in [0.717, 1.165) is 11.8 Å². The van der Waals surface area contributed by atoms with Crippen molar-refractivity contribution in [3.05, 3.63) is 0 Å². The van der Waals surface area contributed by atoms with Gasteiger partial charge in [0, 0.05) is 6.54 Å². The molecule has 82 valence electrons. The zero-order valence-corrected chi connectivity index (χ0v) is 9.67. The van der Waals surface area contributed by atoms with Crippen molar-refractivity contribution in [1.29, 1.82) is 0 Å². The van der Waals surface area contributed by atoms with Crippen LogP contribution in [0.25, 0.3) is 0 Å². The van der Waals surface area contributed by atoms with E-state index in [-0.39, 0.29) is 0 Å². The average Bonchev–Trinajstić information content (AvgIpc) is 2.72. The standard InChI is InChI=1S/C13H25N/c1-2-12-5-7-13(8-6-12)11-14-9-3-4-10-14/h12-13H,2-11H2,1H3. The summed E-state index contributed by atoms with van der Waals surface area (Å²) in [6.45, 7) is 6.53. The van der Waals surface area contributed by atoms with Crippen LogP contribution in [0.5, 0.6) is 0 Å². The van der Waals surface area contributed by atoms with Crippen molar-refractivity contribution in [2.45, 2.75) is 51.9 Å². The molecule has 1 aliphatic carbocycles. The van der Waals surface area contributed by atoms with Crippen LogP contribution in [0.3, 0.4) is 0 Å². The third-order valence-electron chi connectivity index (χ3n) is 4.26. The van der Waals surface area contributed by atoms with Gasteiger partial charge in [-0.1, -0.05) is 26.2 Å². The summed E-state index contributed by atoms with van der Waals surface area (Å²) in [7, 11) is 0. The number of nitrogens with zero attached hydrogens (tertiary/aromatic N) is 1. The van der Waals surface area contributed by atoms with Crippen molar-refractivity contribution < 1.29 is 0 Å². The molecule has 0 atom stereocenters. The molecule has 0 aromatic rings. The second-order valence-electron chi connectivity index (χ2n) is 5.30. The van der Waals surface area contributed by atoms with E-state index in [9.17, 15) is 0 Å². The molecule has 1 heterocycles. The second kappa shape index (κ2) is 5.16. The van der Waals surface area contributed by atoms with E-state index in [1.54, 1.807) is 0 Å². The zero-order chi connectivity index (χ0) is 9.80. The van der Waals surface area contributed by atoms with E-state index in [0.29, 0.717) is 0 Å². The molecule has 1 nitrogen and oxygen atoms in total. The van der Waals surface area contributed by atoms with Crippen molar-refractivity contribution in [1.82, 2.24) is 4.90 Å². The monoisotopic (exact) mass is 195 g/mol. The summed E-state index contributed by atoms with van der Waals surface area (Å²) in [6.07, 6.45) is 10.3. The van der Waals surface area contributed by atoms with Crippen LogP contribution in [0.15, 0.2) is 0 Å². The lowest BCUT2D eigenvalue weighted by Crippen LogP contribution is -2.29. The Morgan fingerprint density at radius 2 is 1.50 bits per heavy atom. The normalized spacial score (nSPS) is 34.9. The lowest BCUT2D eigenvalue weighted by molar-refractivity contribution is 0.201. The Balaban J connectivity index is 1.67. The molecule has 1 saturated heterocycles. The van der Waals surface area contributed by atoms with Crippen LogP contribution in [0.4, 0.5) is 0 Å². The van der Waals surface area contributed by atoms with E-state index < -0.39 is 0 Å². The summed E-state index contributed by atoms with van der Waals surface area (Å²) in [5, 5.41) is 0. The maximum Gasteiger partial charge on any atom is 0.000966 e. The van der Waals surface area contributed by atoms with Gasteiger partial charge in [0.2, 0.25) is 0 Å². The van der Waals surface area contributed by atoms with Crippen molar-refractivity contribution in [3.63, 3.8) is 0 Å². The maximum absolute atomic E-state index is 2.69. The minimum atomic E-state index is 1.04. The lowest BCUT2D eigenvalue weighted by Gasteiger charge is -2.30. The Morgan fingerprint density at radius 1 is 0.929 bits per heavy atom. The summed E-state index contributed by atoms with van der Waals surface area (Å²) in [5.41, 5.74) is 0. The van der Waals surface area contributed by atoms with Gasteiger partial charge in [0.1, 0.15) is 0 Å². The summed E-state index contributed by atoms with van der Waals surface area (Å²) >= 11 is 0. The zero-order valence-electron chi connectivity index (χ0n) is 9.67. The van der Waals surface area contributed by atoms with Crippen LogP contribution in [0.2, 0.25) is 0 Å².